The topological polar surface area (TPSA) is 106 Å². The normalized spacial score (nSPS) is 21.3. The highest BCUT2D eigenvalue weighted by Crippen LogP contribution is 2.49. The SMILES string of the molecule is COc1ccc2c3c([nH]c2c1)[C@H](CO)N(S(C)(=O)=O)CC31CCN(C(=O)CN(C)C)CC1. The van der Waals surface area contributed by atoms with Crippen LogP contribution in [-0.2, 0) is 20.2 Å². The third kappa shape index (κ3) is 3.89. The molecule has 0 saturated carbocycles. The molecule has 2 aliphatic rings. The second-order valence-corrected chi connectivity index (χ2v) is 11.2. The Morgan fingerprint density at radius 3 is 2.56 bits per heavy atom. The largest absolute Gasteiger partial charge is 0.497 e. The van der Waals surface area contributed by atoms with Crippen molar-refractivity contribution in [2.24, 2.45) is 0 Å². The van der Waals surface area contributed by atoms with E-state index in [1.165, 1.54) is 10.6 Å². The van der Waals surface area contributed by atoms with Gasteiger partial charge in [0.25, 0.3) is 0 Å². The minimum absolute atomic E-state index is 0.0812. The second-order valence-electron chi connectivity index (χ2n) is 9.23. The molecule has 0 unspecified atom stereocenters. The van der Waals surface area contributed by atoms with Crippen LogP contribution in [0, 0.1) is 0 Å². The standard InChI is InChI=1S/C22H32N4O5S/c1-24(2)12-19(28)25-9-7-22(8-10-25)14-26(32(4,29)30)18(13-27)21-20(22)16-6-5-15(31-3)11-17(16)23-21/h5-6,11,18,23,27H,7-10,12-14H2,1-4H3/t18-/m0/s1. The highest BCUT2D eigenvalue weighted by atomic mass is 32.2. The van der Waals surface area contributed by atoms with Crippen LogP contribution in [0.25, 0.3) is 10.9 Å². The summed E-state index contributed by atoms with van der Waals surface area (Å²) < 4.78 is 32.2. The monoisotopic (exact) mass is 464 g/mol. The summed E-state index contributed by atoms with van der Waals surface area (Å²) >= 11 is 0. The third-order valence-electron chi connectivity index (χ3n) is 6.83. The maximum atomic E-state index is 12.7. The number of nitrogens with one attached hydrogen (secondary N) is 1. The lowest BCUT2D eigenvalue weighted by atomic mass is 9.69. The zero-order valence-electron chi connectivity index (χ0n) is 19.1. The summed E-state index contributed by atoms with van der Waals surface area (Å²) in [5.74, 6) is 0.785. The van der Waals surface area contributed by atoms with Gasteiger partial charge in [0.15, 0.2) is 0 Å². The van der Waals surface area contributed by atoms with Crippen molar-refractivity contribution in [2.45, 2.75) is 24.3 Å². The smallest absolute Gasteiger partial charge is 0.236 e. The van der Waals surface area contributed by atoms with Crippen molar-refractivity contribution in [3.8, 4) is 5.75 Å². The molecular weight excluding hydrogens is 432 g/mol. The van der Waals surface area contributed by atoms with Gasteiger partial charge in [-0.15, -0.1) is 0 Å². The molecule has 2 N–H and O–H groups in total. The van der Waals surface area contributed by atoms with E-state index in [0.717, 1.165) is 22.2 Å². The molecule has 10 heteroatoms. The van der Waals surface area contributed by atoms with E-state index < -0.39 is 21.5 Å². The Hall–Kier alpha value is -2.14. The first-order chi connectivity index (χ1) is 15.1. The minimum Gasteiger partial charge on any atom is -0.497 e. The average molecular weight is 465 g/mol. The van der Waals surface area contributed by atoms with Gasteiger partial charge in [-0.25, -0.2) is 8.42 Å². The first kappa shape index (κ1) is 23.0. The number of fused-ring (bicyclic) bond motifs is 4. The van der Waals surface area contributed by atoms with Crippen molar-refractivity contribution in [3.05, 3.63) is 29.5 Å². The summed E-state index contributed by atoms with van der Waals surface area (Å²) in [5.41, 5.74) is 2.22. The number of nitrogens with zero attached hydrogens (tertiary/aromatic N) is 3. The lowest BCUT2D eigenvalue weighted by molar-refractivity contribution is -0.133. The number of carbonyl (C=O) groups excluding carboxylic acids is 1. The van der Waals surface area contributed by atoms with Gasteiger partial charge in [0.1, 0.15) is 5.75 Å². The van der Waals surface area contributed by atoms with Crippen molar-refractivity contribution >= 4 is 26.8 Å². The molecule has 9 nitrogen and oxygen atoms in total. The van der Waals surface area contributed by atoms with Crippen molar-refractivity contribution in [1.29, 1.82) is 0 Å². The molecule has 32 heavy (non-hydrogen) atoms. The predicted octanol–water partition coefficient (Wildman–Crippen LogP) is 0.907. The van der Waals surface area contributed by atoms with Crippen molar-refractivity contribution < 1.29 is 23.1 Å². The third-order valence-corrected chi connectivity index (χ3v) is 8.06. The zero-order chi connectivity index (χ0) is 23.3. The van der Waals surface area contributed by atoms with Crippen LogP contribution in [0.4, 0.5) is 0 Å². The fourth-order valence-electron chi connectivity index (χ4n) is 5.27. The molecule has 1 aromatic carbocycles. The number of aromatic amines is 1. The highest BCUT2D eigenvalue weighted by Gasteiger charge is 2.50. The maximum absolute atomic E-state index is 12.7. The Labute approximate surface area is 189 Å². The molecule has 1 amide bonds. The number of aromatic nitrogens is 1. The fraction of sp³-hybridized carbons (Fsp3) is 0.591. The van der Waals surface area contributed by atoms with Crippen LogP contribution in [-0.4, -0.2) is 98.8 Å². The summed E-state index contributed by atoms with van der Waals surface area (Å²) in [6.07, 6.45) is 2.50. The van der Waals surface area contributed by atoms with E-state index in [9.17, 15) is 18.3 Å². The molecule has 1 saturated heterocycles. The van der Waals surface area contributed by atoms with Crippen LogP contribution in [0.2, 0.25) is 0 Å². The van der Waals surface area contributed by atoms with Gasteiger partial charge in [-0.1, -0.05) is 0 Å². The number of aliphatic hydroxyl groups excluding tert-OH is 1. The van der Waals surface area contributed by atoms with Gasteiger partial charge in [0.2, 0.25) is 15.9 Å². The number of sulfonamides is 1. The van der Waals surface area contributed by atoms with Gasteiger partial charge in [-0.3, -0.25) is 4.79 Å². The molecule has 4 rings (SSSR count). The maximum Gasteiger partial charge on any atom is 0.236 e. The predicted molar refractivity (Wildman–Crippen MR) is 122 cm³/mol. The molecule has 2 aliphatic heterocycles. The van der Waals surface area contributed by atoms with Gasteiger partial charge < -0.3 is 24.6 Å². The molecule has 1 aromatic heterocycles. The molecule has 0 radical (unpaired) electrons. The Morgan fingerprint density at radius 1 is 1.31 bits per heavy atom. The number of aliphatic hydroxyl groups is 1. The fourth-order valence-corrected chi connectivity index (χ4v) is 6.39. The van der Waals surface area contributed by atoms with E-state index >= 15 is 0 Å². The van der Waals surface area contributed by atoms with Crippen LogP contribution in [0.15, 0.2) is 18.2 Å². The summed E-state index contributed by atoms with van der Waals surface area (Å²) in [6.45, 7) is 1.46. The van der Waals surface area contributed by atoms with E-state index in [2.05, 4.69) is 4.98 Å². The molecule has 1 fully saturated rings. The van der Waals surface area contributed by atoms with E-state index in [4.69, 9.17) is 4.74 Å². The molecule has 1 spiro atoms. The first-order valence-corrected chi connectivity index (χ1v) is 12.6. The van der Waals surface area contributed by atoms with Crippen LogP contribution < -0.4 is 4.74 Å². The number of hydrogen-bond acceptors (Lipinski definition) is 6. The van der Waals surface area contributed by atoms with Crippen molar-refractivity contribution in [2.75, 3.05) is 60.2 Å². The quantitative estimate of drug-likeness (QED) is 0.681. The Balaban J connectivity index is 1.80. The molecule has 3 heterocycles. The summed E-state index contributed by atoms with van der Waals surface area (Å²) in [4.78, 5) is 19.7. The molecular formula is C22H32N4O5S. The number of ether oxygens (including phenoxy) is 1. The Kier molecular flexibility index (Phi) is 6.00. The number of H-pyrrole nitrogens is 1. The van der Waals surface area contributed by atoms with Gasteiger partial charge in [0, 0.05) is 47.7 Å². The molecule has 0 bridgehead atoms. The van der Waals surface area contributed by atoms with Crippen LogP contribution in [0.3, 0.4) is 0 Å². The van der Waals surface area contributed by atoms with Crippen LogP contribution >= 0.6 is 0 Å². The summed E-state index contributed by atoms with van der Waals surface area (Å²) in [5, 5.41) is 11.2. The van der Waals surface area contributed by atoms with Gasteiger partial charge in [0.05, 0.1) is 32.6 Å². The van der Waals surface area contributed by atoms with Crippen molar-refractivity contribution in [3.63, 3.8) is 0 Å². The lowest BCUT2D eigenvalue weighted by Gasteiger charge is -2.49. The van der Waals surface area contributed by atoms with Gasteiger partial charge in [-0.05, 0) is 44.6 Å². The number of carbonyl (C=O) groups is 1. The zero-order valence-corrected chi connectivity index (χ0v) is 19.9. The lowest BCUT2D eigenvalue weighted by Crippen LogP contribution is -2.56. The average Bonchev–Trinajstić information content (AvgIpc) is 3.12. The molecule has 176 valence electrons. The van der Waals surface area contributed by atoms with E-state index in [1.807, 2.05) is 42.1 Å². The second kappa shape index (κ2) is 8.33. The molecule has 0 aliphatic carbocycles. The number of hydrogen-bond donors (Lipinski definition) is 2. The number of piperidine rings is 1. The number of rotatable bonds is 5. The van der Waals surface area contributed by atoms with E-state index in [0.29, 0.717) is 44.8 Å². The van der Waals surface area contributed by atoms with Gasteiger partial charge >= 0.3 is 0 Å². The number of benzene rings is 1. The number of methoxy groups -OCH3 is 1. The molecule has 2 aromatic rings. The highest BCUT2D eigenvalue weighted by molar-refractivity contribution is 7.88. The van der Waals surface area contributed by atoms with Crippen LogP contribution in [0.1, 0.15) is 30.1 Å². The summed E-state index contributed by atoms with van der Waals surface area (Å²) in [7, 11) is 1.79. The number of likely N-dealkylation sites (tertiary alicyclic amines) is 1. The van der Waals surface area contributed by atoms with Gasteiger partial charge in [-0.2, -0.15) is 4.31 Å². The summed E-state index contributed by atoms with van der Waals surface area (Å²) in [6, 6.07) is 5.13. The van der Waals surface area contributed by atoms with E-state index in [-0.39, 0.29) is 12.5 Å². The van der Waals surface area contributed by atoms with E-state index in [1.54, 1.807) is 7.11 Å². The Bertz CT molecular complexity index is 1120. The van der Waals surface area contributed by atoms with Crippen LogP contribution in [0.5, 0.6) is 5.75 Å². The Morgan fingerprint density at radius 2 is 2.00 bits per heavy atom. The van der Waals surface area contributed by atoms with Crippen molar-refractivity contribution in [1.82, 2.24) is 19.1 Å². The molecule has 1 atom stereocenters. The number of likely N-dealkylation sites (N-methyl/N-ethyl adjacent to an activating group) is 1. The minimum atomic E-state index is -3.56. The first-order valence-electron chi connectivity index (χ1n) is 10.8. The number of amides is 1.